The lowest BCUT2D eigenvalue weighted by molar-refractivity contribution is -0.117. The zero-order valence-electron chi connectivity index (χ0n) is 13.9. The first-order valence-electron chi connectivity index (χ1n) is 9.12. The number of carbonyl (C=O) groups excluding carboxylic acids is 1. The van der Waals surface area contributed by atoms with E-state index in [1.807, 2.05) is 6.08 Å². The average molecular weight is 297 g/mol. The van der Waals surface area contributed by atoms with Gasteiger partial charge >= 0.3 is 0 Å². The molecule has 3 fully saturated rings. The SMILES string of the molecule is C[C@]12CCC(=O)C=C1CCC1C2CC[C@@]2(C)C1CC[C@@H]2C#N. The zero-order valence-corrected chi connectivity index (χ0v) is 13.9. The van der Waals surface area contributed by atoms with Crippen LogP contribution in [0.5, 0.6) is 0 Å². The summed E-state index contributed by atoms with van der Waals surface area (Å²) in [4.78, 5) is 11.8. The number of hydrogen-bond acceptors (Lipinski definition) is 2. The molecule has 0 spiro atoms. The van der Waals surface area contributed by atoms with Crippen molar-refractivity contribution in [3.05, 3.63) is 11.6 Å². The predicted molar refractivity (Wildman–Crippen MR) is 85.8 cm³/mol. The summed E-state index contributed by atoms with van der Waals surface area (Å²) in [7, 11) is 0. The fraction of sp³-hybridized carbons (Fsp3) is 0.800. The Balaban J connectivity index is 1.68. The van der Waals surface area contributed by atoms with E-state index >= 15 is 0 Å². The summed E-state index contributed by atoms with van der Waals surface area (Å²) in [5.41, 5.74) is 1.98. The van der Waals surface area contributed by atoms with Crippen molar-refractivity contribution in [2.24, 2.45) is 34.5 Å². The number of allylic oxidation sites excluding steroid dienone is 1. The molecule has 0 saturated heterocycles. The summed E-state index contributed by atoms with van der Waals surface area (Å²) in [5, 5.41) is 9.54. The second-order valence-corrected chi connectivity index (χ2v) is 8.77. The largest absolute Gasteiger partial charge is 0.295 e. The van der Waals surface area contributed by atoms with Crippen molar-refractivity contribution >= 4 is 5.78 Å². The first kappa shape index (κ1) is 14.5. The molecule has 3 saturated carbocycles. The molecule has 0 aromatic carbocycles. The molecule has 4 aliphatic carbocycles. The Hall–Kier alpha value is -1.10. The highest BCUT2D eigenvalue weighted by atomic mass is 16.1. The number of fused-ring (bicyclic) bond motifs is 5. The van der Waals surface area contributed by atoms with Crippen molar-refractivity contribution in [2.75, 3.05) is 0 Å². The maximum absolute atomic E-state index is 11.8. The van der Waals surface area contributed by atoms with Crippen LogP contribution < -0.4 is 0 Å². The molecule has 0 aromatic rings. The zero-order chi connectivity index (χ0) is 15.5. The van der Waals surface area contributed by atoms with E-state index in [1.54, 1.807) is 0 Å². The van der Waals surface area contributed by atoms with Gasteiger partial charge in [0.15, 0.2) is 5.78 Å². The molecule has 0 N–H and O–H groups in total. The van der Waals surface area contributed by atoms with Gasteiger partial charge in [-0.2, -0.15) is 5.26 Å². The Bertz CT molecular complexity index is 585. The quantitative estimate of drug-likeness (QED) is 0.652. The summed E-state index contributed by atoms with van der Waals surface area (Å²) in [5.74, 6) is 2.89. The molecule has 0 radical (unpaired) electrons. The molecule has 0 heterocycles. The predicted octanol–water partition coefficient (Wildman–Crippen LogP) is 4.66. The molecule has 0 aromatic heterocycles. The Morgan fingerprint density at radius 1 is 1.09 bits per heavy atom. The molecule has 4 rings (SSSR count). The highest BCUT2D eigenvalue weighted by Gasteiger charge is 2.58. The van der Waals surface area contributed by atoms with Crippen LogP contribution in [0, 0.1) is 45.8 Å². The van der Waals surface area contributed by atoms with Crippen LogP contribution in [0.15, 0.2) is 11.6 Å². The van der Waals surface area contributed by atoms with Gasteiger partial charge in [0, 0.05) is 6.42 Å². The third-order valence-electron chi connectivity index (χ3n) is 8.12. The molecule has 2 nitrogen and oxygen atoms in total. The molecule has 0 bridgehead atoms. The normalized spacial score (nSPS) is 50.4. The molecule has 6 atom stereocenters. The molecule has 22 heavy (non-hydrogen) atoms. The molecule has 0 amide bonds. The van der Waals surface area contributed by atoms with E-state index in [0.29, 0.717) is 5.78 Å². The van der Waals surface area contributed by atoms with Crippen molar-refractivity contribution < 1.29 is 4.79 Å². The van der Waals surface area contributed by atoms with Crippen molar-refractivity contribution in [2.45, 2.75) is 65.2 Å². The standard InChI is InChI=1S/C20H27NO/c1-19-9-7-15(22)11-13(19)3-5-16-17-6-4-14(12-21)20(17,2)10-8-18(16)19/h11,14,16-18H,3-10H2,1-2H3/t14-,16?,17?,18?,19+,20-/m1/s1. The van der Waals surface area contributed by atoms with E-state index in [-0.39, 0.29) is 16.7 Å². The van der Waals surface area contributed by atoms with E-state index in [4.69, 9.17) is 0 Å². The van der Waals surface area contributed by atoms with Crippen molar-refractivity contribution in [1.29, 1.82) is 5.26 Å². The van der Waals surface area contributed by atoms with E-state index in [9.17, 15) is 10.1 Å². The number of ketones is 1. The number of hydrogen-bond donors (Lipinski definition) is 0. The summed E-state index contributed by atoms with van der Waals surface area (Å²) in [6.45, 7) is 4.83. The van der Waals surface area contributed by atoms with Crippen LogP contribution in [0.1, 0.15) is 65.2 Å². The van der Waals surface area contributed by atoms with Gasteiger partial charge < -0.3 is 0 Å². The van der Waals surface area contributed by atoms with Gasteiger partial charge in [0.1, 0.15) is 0 Å². The second-order valence-electron chi connectivity index (χ2n) is 8.77. The van der Waals surface area contributed by atoms with E-state index in [2.05, 4.69) is 19.9 Å². The van der Waals surface area contributed by atoms with E-state index < -0.39 is 0 Å². The van der Waals surface area contributed by atoms with Crippen LogP contribution in [-0.2, 0) is 4.79 Å². The van der Waals surface area contributed by atoms with Crippen LogP contribution >= 0.6 is 0 Å². The fourth-order valence-electron chi connectivity index (χ4n) is 6.77. The van der Waals surface area contributed by atoms with Gasteiger partial charge in [-0.1, -0.05) is 19.4 Å². The van der Waals surface area contributed by atoms with Crippen LogP contribution in [0.25, 0.3) is 0 Å². The number of rotatable bonds is 0. The Kier molecular flexibility index (Phi) is 3.09. The highest BCUT2D eigenvalue weighted by Crippen LogP contribution is 2.66. The van der Waals surface area contributed by atoms with Gasteiger partial charge in [0.25, 0.3) is 0 Å². The number of carbonyl (C=O) groups is 1. The lowest BCUT2D eigenvalue weighted by Gasteiger charge is -2.57. The van der Waals surface area contributed by atoms with Gasteiger partial charge in [-0.15, -0.1) is 0 Å². The van der Waals surface area contributed by atoms with Gasteiger partial charge in [-0.3, -0.25) is 4.79 Å². The van der Waals surface area contributed by atoms with Gasteiger partial charge in [-0.05, 0) is 79.6 Å². The summed E-state index contributed by atoms with van der Waals surface area (Å²) in [6.07, 6.45) is 11.0. The first-order chi connectivity index (χ1) is 10.5. The second kappa shape index (κ2) is 4.70. The third-order valence-corrected chi connectivity index (χ3v) is 8.12. The Labute approximate surface area is 134 Å². The maximum atomic E-state index is 11.8. The van der Waals surface area contributed by atoms with Crippen LogP contribution in [0.4, 0.5) is 0 Å². The van der Waals surface area contributed by atoms with Gasteiger partial charge in [0.05, 0.1) is 12.0 Å². The first-order valence-corrected chi connectivity index (χ1v) is 9.12. The molecular weight excluding hydrogens is 270 g/mol. The van der Waals surface area contributed by atoms with E-state index in [1.165, 1.54) is 31.3 Å². The van der Waals surface area contributed by atoms with Crippen LogP contribution in [0.3, 0.4) is 0 Å². The van der Waals surface area contributed by atoms with Crippen molar-refractivity contribution in [3.8, 4) is 6.07 Å². The van der Waals surface area contributed by atoms with E-state index in [0.717, 1.165) is 43.4 Å². The third kappa shape index (κ3) is 1.75. The molecular formula is C20H27NO. The highest BCUT2D eigenvalue weighted by molar-refractivity contribution is 5.91. The van der Waals surface area contributed by atoms with Gasteiger partial charge in [0.2, 0.25) is 0 Å². The minimum absolute atomic E-state index is 0.262. The molecule has 3 unspecified atom stereocenters. The summed E-state index contributed by atoms with van der Waals surface area (Å²) >= 11 is 0. The monoisotopic (exact) mass is 297 g/mol. The van der Waals surface area contributed by atoms with Crippen LogP contribution in [0.2, 0.25) is 0 Å². The summed E-state index contributed by atoms with van der Waals surface area (Å²) in [6, 6.07) is 2.61. The fourth-order valence-corrected chi connectivity index (χ4v) is 6.77. The molecule has 4 aliphatic rings. The number of nitrogens with zero attached hydrogens (tertiary/aromatic N) is 1. The lowest BCUT2D eigenvalue weighted by Crippen LogP contribution is -2.50. The molecule has 118 valence electrons. The van der Waals surface area contributed by atoms with Crippen molar-refractivity contribution in [3.63, 3.8) is 0 Å². The van der Waals surface area contributed by atoms with Crippen LogP contribution in [-0.4, -0.2) is 5.78 Å². The molecule has 2 heteroatoms. The minimum Gasteiger partial charge on any atom is -0.295 e. The lowest BCUT2D eigenvalue weighted by atomic mass is 9.47. The Morgan fingerprint density at radius 3 is 2.68 bits per heavy atom. The minimum atomic E-state index is 0.262. The van der Waals surface area contributed by atoms with Crippen molar-refractivity contribution in [1.82, 2.24) is 0 Å². The topological polar surface area (TPSA) is 40.9 Å². The smallest absolute Gasteiger partial charge is 0.155 e. The molecule has 0 aliphatic heterocycles. The Morgan fingerprint density at radius 2 is 1.91 bits per heavy atom. The van der Waals surface area contributed by atoms with Gasteiger partial charge in [-0.25, -0.2) is 0 Å². The summed E-state index contributed by atoms with van der Waals surface area (Å²) < 4.78 is 0. The number of nitriles is 1. The average Bonchev–Trinajstić information content (AvgIpc) is 2.84. The maximum Gasteiger partial charge on any atom is 0.155 e.